The van der Waals surface area contributed by atoms with Crippen molar-refractivity contribution in [1.82, 2.24) is 10.2 Å². The molecule has 1 heterocycles. The Kier molecular flexibility index (Phi) is 7.34. The second-order valence-electron chi connectivity index (χ2n) is 8.27. The lowest BCUT2D eigenvalue weighted by molar-refractivity contribution is -0.157. The molecule has 1 aliphatic heterocycles. The highest BCUT2D eigenvalue weighted by Gasteiger charge is 2.38. The van der Waals surface area contributed by atoms with Crippen LogP contribution in [0.4, 0.5) is 0 Å². The fourth-order valence-electron chi connectivity index (χ4n) is 4.20. The van der Waals surface area contributed by atoms with Gasteiger partial charge in [0.15, 0.2) is 6.10 Å². The minimum absolute atomic E-state index is 0.0756. The molecule has 1 N–H and O–H groups in total. The summed E-state index contributed by atoms with van der Waals surface area (Å²) in [6.07, 6.45) is 4.03. The summed E-state index contributed by atoms with van der Waals surface area (Å²) in [6.45, 7) is 6.23. The summed E-state index contributed by atoms with van der Waals surface area (Å²) >= 11 is 0. The predicted octanol–water partition coefficient (Wildman–Crippen LogP) is 2.66. The Morgan fingerprint density at radius 2 is 1.83 bits per heavy atom. The summed E-state index contributed by atoms with van der Waals surface area (Å²) in [5.74, 6) is -0.379. The predicted molar refractivity (Wildman–Crippen MR) is 112 cm³/mol. The maximum atomic E-state index is 13.1. The van der Waals surface area contributed by atoms with Crippen LogP contribution in [0.5, 0.6) is 5.75 Å². The Balaban J connectivity index is 1.66. The number of carbonyl (C=O) groups is 3. The fourth-order valence-corrected chi connectivity index (χ4v) is 4.20. The van der Waals surface area contributed by atoms with Crippen molar-refractivity contribution in [2.24, 2.45) is 0 Å². The summed E-state index contributed by atoms with van der Waals surface area (Å²) in [5.41, 5.74) is 1.89. The lowest BCUT2D eigenvalue weighted by Crippen LogP contribution is -2.60. The Morgan fingerprint density at radius 3 is 2.50 bits per heavy atom. The minimum Gasteiger partial charge on any atom is -0.480 e. The van der Waals surface area contributed by atoms with Crippen LogP contribution in [0.15, 0.2) is 18.2 Å². The van der Waals surface area contributed by atoms with E-state index in [9.17, 15) is 14.4 Å². The van der Waals surface area contributed by atoms with Gasteiger partial charge >= 0.3 is 5.97 Å². The smallest absolute Gasteiger partial charge is 0.308 e. The first-order chi connectivity index (χ1) is 14.4. The highest BCUT2D eigenvalue weighted by molar-refractivity contribution is 5.93. The van der Waals surface area contributed by atoms with Crippen LogP contribution in [0.25, 0.3) is 0 Å². The van der Waals surface area contributed by atoms with E-state index >= 15 is 0 Å². The molecule has 1 saturated heterocycles. The number of amides is 2. The maximum Gasteiger partial charge on any atom is 0.308 e. The molecule has 1 aliphatic carbocycles. The summed E-state index contributed by atoms with van der Waals surface area (Å²) in [6, 6.07) is 4.93. The third-order valence-electron chi connectivity index (χ3n) is 5.88. The van der Waals surface area contributed by atoms with Gasteiger partial charge in [0.1, 0.15) is 17.9 Å². The number of piperazine rings is 1. The van der Waals surface area contributed by atoms with Crippen molar-refractivity contribution < 1.29 is 23.9 Å². The van der Waals surface area contributed by atoms with Crippen molar-refractivity contribution in [3.63, 3.8) is 0 Å². The van der Waals surface area contributed by atoms with Gasteiger partial charge in [-0.25, -0.2) is 0 Å². The number of rotatable bonds is 6. The zero-order chi connectivity index (χ0) is 21.7. The molecule has 2 amide bonds. The van der Waals surface area contributed by atoms with Crippen LogP contribution in [-0.4, -0.2) is 54.0 Å². The van der Waals surface area contributed by atoms with Crippen molar-refractivity contribution in [1.29, 1.82) is 0 Å². The van der Waals surface area contributed by atoms with E-state index in [1.165, 1.54) is 11.3 Å². The van der Waals surface area contributed by atoms with Gasteiger partial charge in [-0.3, -0.25) is 14.4 Å². The normalized spacial score (nSPS) is 21.0. The van der Waals surface area contributed by atoms with Crippen molar-refractivity contribution in [2.45, 2.75) is 77.5 Å². The molecule has 0 radical (unpaired) electrons. The van der Waals surface area contributed by atoms with Crippen molar-refractivity contribution in [2.75, 3.05) is 13.1 Å². The molecule has 2 aliphatic rings. The topological polar surface area (TPSA) is 84.9 Å². The number of para-hydroxylation sites is 1. The average molecular weight is 417 g/mol. The van der Waals surface area contributed by atoms with Gasteiger partial charge in [-0.15, -0.1) is 0 Å². The van der Waals surface area contributed by atoms with E-state index in [4.69, 9.17) is 9.47 Å². The largest absolute Gasteiger partial charge is 0.480 e. The number of esters is 1. The first kappa shape index (κ1) is 22.1. The van der Waals surface area contributed by atoms with Crippen LogP contribution < -0.4 is 10.1 Å². The average Bonchev–Trinajstić information content (AvgIpc) is 2.72. The number of carbonyl (C=O) groups excluding carboxylic acids is 3. The summed E-state index contributed by atoms with van der Waals surface area (Å²) in [4.78, 5) is 39.5. The van der Waals surface area contributed by atoms with E-state index in [1.54, 1.807) is 6.92 Å². The Labute approximate surface area is 178 Å². The van der Waals surface area contributed by atoms with Crippen molar-refractivity contribution >= 4 is 17.8 Å². The van der Waals surface area contributed by atoms with Crippen LogP contribution in [0.3, 0.4) is 0 Å². The lowest BCUT2D eigenvalue weighted by atomic mass is 9.98. The van der Waals surface area contributed by atoms with Gasteiger partial charge in [-0.1, -0.05) is 24.6 Å². The van der Waals surface area contributed by atoms with Crippen molar-refractivity contribution in [3.05, 3.63) is 29.3 Å². The van der Waals surface area contributed by atoms with E-state index in [-0.39, 0.29) is 24.3 Å². The third kappa shape index (κ3) is 5.32. The van der Waals surface area contributed by atoms with E-state index in [2.05, 4.69) is 5.32 Å². The molecule has 164 valence electrons. The maximum absolute atomic E-state index is 13.1. The van der Waals surface area contributed by atoms with Crippen LogP contribution in [0.1, 0.15) is 56.6 Å². The molecule has 0 unspecified atom stereocenters. The molecule has 7 nitrogen and oxygen atoms in total. The van der Waals surface area contributed by atoms with Gasteiger partial charge in [0, 0.05) is 13.1 Å². The van der Waals surface area contributed by atoms with Gasteiger partial charge in [0.2, 0.25) is 5.91 Å². The molecule has 1 aromatic rings. The molecule has 2 fully saturated rings. The lowest BCUT2D eigenvalue weighted by Gasteiger charge is -2.36. The van der Waals surface area contributed by atoms with Crippen LogP contribution >= 0.6 is 0 Å². The molecule has 2 atom stereocenters. The second kappa shape index (κ2) is 9.96. The monoisotopic (exact) mass is 416 g/mol. The fraction of sp³-hybridized carbons (Fsp3) is 0.609. The van der Waals surface area contributed by atoms with Gasteiger partial charge in [-0.05, 0) is 57.6 Å². The highest BCUT2D eigenvalue weighted by atomic mass is 16.5. The van der Waals surface area contributed by atoms with Gasteiger partial charge in [0.25, 0.3) is 5.91 Å². The minimum atomic E-state index is -0.869. The van der Waals surface area contributed by atoms with E-state index in [0.29, 0.717) is 18.8 Å². The Hall–Kier alpha value is -2.57. The summed E-state index contributed by atoms with van der Waals surface area (Å²) < 4.78 is 11.5. The molecule has 3 rings (SSSR count). The number of hydrogen-bond acceptors (Lipinski definition) is 5. The van der Waals surface area contributed by atoms with E-state index in [1.807, 2.05) is 32.0 Å². The highest BCUT2D eigenvalue weighted by Crippen LogP contribution is 2.25. The van der Waals surface area contributed by atoms with Crippen molar-refractivity contribution in [3.8, 4) is 5.75 Å². The second-order valence-corrected chi connectivity index (χ2v) is 8.27. The summed E-state index contributed by atoms with van der Waals surface area (Å²) in [5, 5.41) is 2.75. The number of hydrogen-bond donors (Lipinski definition) is 1. The standard InChI is InChI=1S/C23H32N2O5/c1-15-8-7-9-16(2)21(15)29-17(3)23(28)25-13-12-24-22(27)19(25)14-20(26)30-18-10-5-4-6-11-18/h7-9,17-19H,4-6,10-14H2,1-3H3,(H,24,27)/t17-,19-/m1/s1. The molecular weight excluding hydrogens is 384 g/mol. The molecular formula is C23H32N2O5. The molecule has 1 saturated carbocycles. The number of nitrogens with one attached hydrogen (secondary N) is 1. The Bertz CT molecular complexity index is 768. The summed E-state index contributed by atoms with van der Waals surface area (Å²) in [7, 11) is 0. The quantitative estimate of drug-likeness (QED) is 0.721. The van der Waals surface area contributed by atoms with Crippen LogP contribution in [0, 0.1) is 13.8 Å². The first-order valence-electron chi connectivity index (χ1n) is 10.9. The first-order valence-corrected chi connectivity index (χ1v) is 10.9. The number of benzene rings is 1. The SMILES string of the molecule is Cc1cccc(C)c1O[C@H](C)C(=O)N1CCNC(=O)[C@H]1CC(=O)OC1CCCCC1. The zero-order valence-corrected chi connectivity index (χ0v) is 18.1. The molecule has 1 aromatic carbocycles. The van der Waals surface area contributed by atoms with E-state index < -0.39 is 18.1 Å². The molecule has 0 spiro atoms. The van der Waals surface area contributed by atoms with Crippen LogP contribution in [0.2, 0.25) is 0 Å². The molecule has 0 aromatic heterocycles. The Morgan fingerprint density at radius 1 is 1.17 bits per heavy atom. The molecule has 7 heteroatoms. The zero-order valence-electron chi connectivity index (χ0n) is 18.1. The van der Waals surface area contributed by atoms with E-state index in [0.717, 1.165) is 36.8 Å². The van der Waals surface area contributed by atoms with Gasteiger partial charge in [-0.2, -0.15) is 0 Å². The number of aryl methyl sites for hydroxylation is 2. The van der Waals surface area contributed by atoms with Crippen LogP contribution in [-0.2, 0) is 19.1 Å². The van der Waals surface area contributed by atoms with Gasteiger partial charge < -0.3 is 19.7 Å². The molecule has 30 heavy (non-hydrogen) atoms. The van der Waals surface area contributed by atoms with Gasteiger partial charge in [0.05, 0.1) is 6.42 Å². The molecule has 0 bridgehead atoms. The number of ether oxygens (including phenoxy) is 2. The number of nitrogens with zero attached hydrogens (tertiary/aromatic N) is 1. The third-order valence-corrected chi connectivity index (χ3v) is 5.88.